The van der Waals surface area contributed by atoms with Gasteiger partial charge in [0.15, 0.2) is 0 Å². The molecule has 0 radical (unpaired) electrons. The van der Waals surface area contributed by atoms with Crippen LogP contribution in [0.1, 0.15) is 43.7 Å². The first-order valence-electron chi connectivity index (χ1n) is 8.48. The monoisotopic (exact) mass is 298 g/mol. The van der Waals surface area contributed by atoms with E-state index in [1.807, 2.05) is 6.92 Å². The van der Waals surface area contributed by atoms with E-state index in [-0.39, 0.29) is 0 Å². The highest BCUT2D eigenvalue weighted by molar-refractivity contribution is 5.84. The van der Waals surface area contributed by atoms with Crippen molar-refractivity contribution in [2.24, 2.45) is 0 Å². The third-order valence-corrected chi connectivity index (χ3v) is 5.05. The zero-order valence-electron chi connectivity index (χ0n) is 13.7. The maximum Gasteiger partial charge on any atom is 0.132 e. The smallest absolute Gasteiger partial charge is 0.132 e. The minimum absolute atomic E-state index is 0.349. The molecule has 1 atom stereocenters. The zero-order chi connectivity index (χ0) is 15.5. The predicted molar refractivity (Wildman–Crippen MR) is 91.3 cm³/mol. The van der Waals surface area contributed by atoms with Crippen LogP contribution in [-0.2, 0) is 17.6 Å². The van der Waals surface area contributed by atoms with Crippen LogP contribution in [0.4, 0.5) is 0 Å². The fourth-order valence-electron chi connectivity index (χ4n) is 3.50. The maximum atomic E-state index is 11.5. The number of likely N-dealkylation sites (N-methyl/N-ethyl adjacent to an activating group) is 1. The molecular formula is C19H26N2O. The van der Waals surface area contributed by atoms with Gasteiger partial charge in [0.2, 0.25) is 0 Å². The number of ketones is 1. The van der Waals surface area contributed by atoms with E-state index in [9.17, 15) is 4.79 Å². The van der Waals surface area contributed by atoms with Gasteiger partial charge in [-0.3, -0.25) is 4.79 Å². The standard InChI is InChI=1S/C19H26N2O/c1-3-17(22)8-6-14-7-9-19-18(11-14)15(13-20-19)12-16-5-4-10-21(16)2/h7,9,11,13,16,20H,3-6,8,10,12H2,1-2H3. The van der Waals surface area contributed by atoms with Gasteiger partial charge in [0.05, 0.1) is 0 Å². The van der Waals surface area contributed by atoms with Crippen molar-refractivity contribution in [3.63, 3.8) is 0 Å². The summed E-state index contributed by atoms with van der Waals surface area (Å²) in [6.45, 7) is 3.16. The number of fused-ring (bicyclic) bond motifs is 1. The lowest BCUT2D eigenvalue weighted by Crippen LogP contribution is -2.26. The number of Topliss-reactive ketones (excluding diaryl/α,β-unsaturated/α-hetero) is 1. The number of nitrogens with zero attached hydrogens (tertiary/aromatic N) is 1. The molecule has 0 amide bonds. The van der Waals surface area contributed by atoms with Gasteiger partial charge in [0, 0.05) is 36.0 Å². The van der Waals surface area contributed by atoms with Gasteiger partial charge < -0.3 is 9.88 Å². The molecule has 0 bridgehead atoms. The fourth-order valence-corrected chi connectivity index (χ4v) is 3.50. The Morgan fingerprint density at radius 1 is 1.41 bits per heavy atom. The number of rotatable bonds is 6. The first-order chi connectivity index (χ1) is 10.7. The molecule has 1 unspecified atom stereocenters. The van der Waals surface area contributed by atoms with Gasteiger partial charge in [-0.1, -0.05) is 13.0 Å². The number of aromatic amines is 1. The van der Waals surface area contributed by atoms with Gasteiger partial charge in [0.1, 0.15) is 5.78 Å². The van der Waals surface area contributed by atoms with Crippen LogP contribution in [0.3, 0.4) is 0 Å². The third-order valence-electron chi connectivity index (χ3n) is 5.05. The number of likely N-dealkylation sites (tertiary alicyclic amines) is 1. The van der Waals surface area contributed by atoms with Crippen molar-refractivity contribution in [2.75, 3.05) is 13.6 Å². The number of aryl methyl sites for hydroxylation is 1. The quantitative estimate of drug-likeness (QED) is 0.882. The van der Waals surface area contributed by atoms with E-state index < -0.39 is 0 Å². The number of benzene rings is 1. The summed E-state index contributed by atoms with van der Waals surface area (Å²) in [6.07, 6.45) is 8.06. The average molecular weight is 298 g/mol. The summed E-state index contributed by atoms with van der Waals surface area (Å²) < 4.78 is 0. The van der Waals surface area contributed by atoms with Crippen molar-refractivity contribution in [2.45, 2.75) is 51.5 Å². The van der Waals surface area contributed by atoms with Crippen LogP contribution in [0.5, 0.6) is 0 Å². The Hall–Kier alpha value is -1.61. The van der Waals surface area contributed by atoms with E-state index in [2.05, 4.69) is 41.3 Å². The van der Waals surface area contributed by atoms with Crippen LogP contribution in [0.2, 0.25) is 0 Å². The number of carbonyl (C=O) groups is 1. The predicted octanol–water partition coefficient (Wildman–Crippen LogP) is 3.72. The SMILES string of the molecule is CCC(=O)CCc1ccc2[nH]cc(CC3CCCN3C)c2c1. The second-order valence-electron chi connectivity index (χ2n) is 6.57. The summed E-state index contributed by atoms with van der Waals surface area (Å²) in [4.78, 5) is 17.4. The Labute approximate surface area is 132 Å². The van der Waals surface area contributed by atoms with E-state index in [1.54, 1.807) is 0 Å². The minimum Gasteiger partial charge on any atom is -0.361 e. The van der Waals surface area contributed by atoms with Gasteiger partial charge in [-0.15, -0.1) is 0 Å². The van der Waals surface area contributed by atoms with E-state index in [0.717, 1.165) is 12.8 Å². The van der Waals surface area contributed by atoms with Crippen molar-refractivity contribution >= 4 is 16.7 Å². The highest BCUT2D eigenvalue weighted by atomic mass is 16.1. The number of nitrogens with one attached hydrogen (secondary N) is 1. The van der Waals surface area contributed by atoms with Crippen LogP contribution in [0.25, 0.3) is 10.9 Å². The lowest BCUT2D eigenvalue weighted by molar-refractivity contribution is -0.118. The summed E-state index contributed by atoms with van der Waals surface area (Å²) >= 11 is 0. The maximum absolute atomic E-state index is 11.5. The van der Waals surface area contributed by atoms with Crippen molar-refractivity contribution in [1.82, 2.24) is 9.88 Å². The normalized spacial score (nSPS) is 19.1. The molecule has 1 aromatic carbocycles. The first kappa shape index (κ1) is 15.3. The van der Waals surface area contributed by atoms with Gasteiger partial charge in [-0.25, -0.2) is 0 Å². The summed E-state index contributed by atoms with van der Waals surface area (Å²) in [6, 6.07) is 7.25. The molecule has 0 saturated carbocycles. The molecule has 2 heterocycles. The van der Waals surface area contributed by atoms with Crippen LogP contribution in [-0.4, -0.2) is 35.3 Å². The Morgan fingerprint density at radius 3 is 3.00 bits per heavy atom. The Morgan fingerprint density at radius 2 is 2.27 bits per heavy atom. The molecule has 2 aromatic rings. The van der Waals surface area contributed by atoms with Crippen LogP contribution in [0, 0.1) is 0 Å². The zero-order valence-corrected chi connectivity index (χ0v) is 13.7. The Bertz CT molecular complexity index is 658. The summed E-state index contributed by atoms with van der Waals surface area (Å²) in [5, 5.41) is 1.33. The minimum atomic E-state index is 0.349. The lowest BCUT2D eigenvalue weighted by atomic mass is 10.00. The van der Waals surface area contributed by atoms with E-state index >= 15 is 0 Å². The van der Waals surface area contributed by atoms with Gasteiger partial charge in [-0.2, -0.15) is 0 Å². The van der Waals surface area contributed by atoms with Gasteiger partial charge in [0.25, 0.3) is 0 Å². The van der Waals surface area contributed by atoms with Crippen molar-refractivity contribution < 1.29 is 4.79 Å². The molecule has 22 heavy (non-hydrogen) atoms. The summed E-state index contributed by atoms with van der Waals surface area (Å²) in [7, 11) is 2.23. The van der Waals surface area contributed by atoms with Crippen LogP contribution < -0.4 is 0 Å². The molecule has 1 aromatic heterocycles. The molecule has 3 rings (SSSR count). The van der Waals surface area contributed by atoms with Gasteiger partial charge in [-0.05, 0) is 62.5 Å². The molecule has 1 aliphatic heterocycles. The Kier molecular flexibility index (Phi) is 4.63. The largest absolute Gasteiger partial charge is 0.361 e. The third kappa shape index (κ3) is 3.25. The van der Waals surface area contributed by atoms with Gasteiger partial charge >= 0.3 is 0 Å². The lowest BCUT2D eigenvalue weighted by Gasteiger charge is -2.18. The highest BCUT2D eigenvalue weighted by Crippen LogP contribution is 2.25. The molecule has 118 valence electrons. The first-order valence-corrected chi connectivity index (χ1v) is 8.48. The van der Waals surface area contributed by atoms with E-state index in [4.69, 9.17) is 0 Å². The number of hydrogen-bond acceptors (Lipinski definition) is 2. The number of hydrogen-bond donors (Lipinski definition) is 1. The molecule has 1 aliphatic rings. The van der Waals surface area contributed by atoms with Crippen molar-refractivity contribution in [3.05, 3.63) is 35.5 Å². The molecule has 3 nitrogen and oxygen atoms in total. The van der Waals surface area contributed by atoms with Crippen molar-refractivity contribution in [1.29, 1.82) is 0 Å². The summed E-state index contributed by atoms with van der Waals surface area (Å²) in [5.41, 5.74) is 3.90. The molecule has 1 fully saturated rings. The topological polar surface area (TPSA) is 36.1 Å². The Balaban J connectivity index is 1.77. The molecule has 3 heteroatoms. The number of aromatic nitrogens is 1. The van der Waals surface area contributed by atoms with Crippen molar-refractivity contribution in [3.8, 4) is 0 Å². The molecule has 1 N–H and O–H groups in total. The van der Waals surface area contributed by atoms with Crippen LogP contribution in [0.15, 0.2) is 24.4 Å². The second kappa shape index (κ2) is 6.66. The average Bonchev–Trinajstić information content (AvgIpc) is 3.12. The molecular weight excluding hydrogens is 272 g/mol. The molecule has 0 spiro atoms. The molecule has 1 saturated heterocycles. The van der Waals surface area contributed by atoms with E-state index in [1.165, 1.54) is 41.4 Å². The summed E-state index contributed by atoms with van der Waals surface area (Å²) in [5.74, 6) is 0.349. The number of H-pyrrole nitrogens is 1. The van der Waals surface area contributed by atoms with E-state index in [0.29, 0.717) is 24.7 Å². The highest BCUT2D eigenvalue weighted by Gasteiger charge is 2.22. The number of carbonyl (C=O) groups excluding carboxylic acids is 1. The fraction of sp³-hybridized carbons (Fsp3) is 0.526. The molecule has 0 aliphatic carbocycles. The second-order valence-corrected chi connectivity index (χ2v) is 6.57. The van der Waals surface area contributed by atoms with Crippen LogP contribution >= 0.6 is 0 Å².